The lowest BCUT2D eigenvalue weighted by Crippen LogP contribution is -2.50. The molecular weight excluding hydrogens is 198 g/mol. The van der Waals surface area contributed by atoms with Gasteiger partial charge in [0.05, 0.1) is 0 Å². The Labute approximate surface area is 100 Å². The number of likely N-dealkylation sites (N-methyl/N-ethyl adjacent to an activating group) is 1. The van der Waals surface area contributed by atoms with Gasteiger partial charge in [-0.1, -0.05) is 6.92 Å². The van der Waals surface area contributed by atoms with Gasteiger partial charge >= 0.3 is 0 Å². The van der Waals surface area contributed by atoms with E-state index in [2.05, 4.69) is 29.1 Å². The summed E-state index contributed by atoms with van der Waals surface area (Å²) in [5.74, 6) is 0.852. The quantitative estimate of drug-likeness (QED) is 0.770. The standard InChI is InChI=1S/C13H27N3/c1-12-5-6-14-11-13(12)15(2)9-10-16-7-3-4-8-16/h12-14H,3-11H2,1-2H3. The largest absolute Gasteiger partial charge is 0.315 e. The van der Waals surface area contributed by atoms with Gasteiger partial charge in [0.25, 0.3) is 0 Å². The second kappa shape index (κ2) is 5.99. The Morgan fingerprint density at radius 2 is 2.06 bits per heavy atom. The summed E-state index contributed by atoms with van der Waals surface area (Å²) in [7, 11) is 2.30. The van der Waals surface area contributed by atoms with Crippen LogP contribution in [0.15, 0.2) is 0 Å². The molecule has 3 heteroatoms. The minimum absolute atomic E-state index is 0.747. The zero-order valence-electron chi connectivity index (χ0n) is 10.9. The van der Waals surface area contributed by atoms with E-state index in [0.29, 0.717) is 0 Å². The van der Waals surface area contributed by atoms with E-state index in [4.69, 9.17) is 0 Å². The first-order valence-corrected chi connectivity index (χ1v) is 6.90. The van der Waals surface area contributed by atoms with Gasteiger partial charge in [0.2, 0.25) is 0 Å². The van der Waals surface area contributed by atoms with Crippen LogP contribution in [0.25, 0.3) is 0 Å². The van der Waals surface area contributed by atoms with Crippen LogP contribution in [0.5, 0.6) is 0 Å². The molecule has 2 aliphatic heterocycles. The third-order valence-corrected chi connectivity index (χ3v) is 4.32. The topological polar surface area (TPSA) is 18.5 Å². The zero-order valence-corrected chi connectivity index (χ0v) is 10.9. The van der Waals surface area contributed by atoms with Gasteiger partial charge in [-0.25, -0.2) is 0 Å². The molecule has 2 aliphatic rings. The highest BCUT2D eigenvalue weighted by Crippen LogP contribution is 2.16. The fourth-order valence-electron chi connectivity index (χ4n) is 3.03. The highest BCUT2D eigenvalue weighted by molar-refractivity contribution is 4.82. The number of likely N-dealkylation sites (tertiary alicyclic amines) is 1. The molecule has 0 spiro atoms. The van der Waals surface area contributed by atoms with Crippen LogP contribution in [0.4, 0.5) is 0 Å². The molecule has 94 valence electrons. The molecule has 0 aromatic heterocycles. The lowest BCUT2D eigenvalue weighted by atomic mass is 9.94. The Morgan fingerprint density at radius 3 is 2.75 bits per heavy atom. The molecule has 2 atom stereocenters. The van der Waals surface area contributed by atoms with Gasteiger partial charge in [-0.05, 0) is 51.9 Å². The first-order valence-electron chi connectivity index (χ1n) is 6.90. The summed E-state index contributed by atoms with van der Waals surface area (Å²) >= 11 is 0. The van der Waals surface area contributed by atoms with Crippen LogP contribution in [-0.2, 0) is 0 Å². The Balaban J connectivity index is 1.71. The van der Waals surface area contributed by atoms with E-state index >= 15 is 0 Å². The Kier molecular flexibility index (Phi) is 4.62. The predicted octanol–water partition coefficient (Wildman–Crippen LogP) is 1.01. The Hall–Kier alpha value is -0.120. The van der Waals surface area contributed by atoms with Crippen LogP contribution in [0.2, 0.25) is 0 Å². The summed E-state index contributed by atoms with van der Waals surface area (Å²) in [5.41, 5.74) is 0. The van der Waals surface area contributed by atoms with Crippen LogP contribution in [-0.4, -0.2) is 62.2 Å². The van der Waals surface area contributed by atoms with Crippen LogP contribution in [0.3, 0.4) is 0 Å². The molecular formula is C13H27N3. The van der Waals surface area contributed by atoms with Gasteiger partial charge in [0.1, 0.15) is 0 Å². The highest BCUT2D eigenvalue weighted by Gasteiger charge is 2.24. The van der Waals surface area contributed by atoms with Crippen molar-refractivity contribution < 1.29 is 0 Å². The molecule has 0 amide bonds. The van der Waals surface area contributed by atoms with Crippen LogP contribution >= 0.6 is 0 Å². The fraction of sp³-hybridized carbons (Fsp3) is 1.00. The number of hydrogen-bond donors (Lipinski definition) is 1. The molecule has 0 aromatic carbocycles. The van der Waals surface area contributed by atoms with Crippen LogP contribution in [0, 0.1) is 5.92 Å². The van der Waals surface area contributed by atoms with Crippen molar-refractivity contribution in [3.63, 3.8) is 0 Å². The third kappa shape index (κ3) is 3.19. The third-order valence-electron chi connectivity index (χ3n) is 4.32. The van der Waals surface area contributed by atoms with E-state index in [1.807, 2.05) is 0 Å². The van der Waals surface area contributed by atoms with Gasteiger partial charge < -0.3 is 15.1 Å². The van der Waals surface area contributed by atoms with Crippen molar-refractivity contribution >= 4 is 0 Å². The van der Waals surface area contributed by atoms with Gasteiger partial charge in [-0.3, -0.25) is 0 Å². The van der Waals surface area contributed by atoms with E-state index in [9.17, 15) is 0 Å². The maximum absolute atomic E-state index is 3.52. The second-order valence-electron chi connectivity index (χ2n) is 5.57. The normalized spacial score (nSPS) is 32.4. The van der Waals surface area contributed by atoms with Crippen molar-refractivity contribution in [2.75, 3.05) is 46.3 Å². The van der Waals surface area contributed by atoms with E-state index in [1.54, 1.807) is 0 Å². The predicted molar refractivity (Wildman–Crippen MR) is 68.7 cm³/mol. The van der Waals surface area contributed by atoms with Gasteiger partial charge in [0.15, 0.2) is 0 Å². The van der Waals surface area contributed by atoms with E-state index < -0.39 is 0 Å². The lowest BCUT2D eigenvalue weighted by Gasteiger charge is -2.37. The van der Waals surface area contributed by atoms with Gasteiger partial charge in [0, 0.05) is 25.7 Å². The molecule has 2 heterocycles. The zero-order chi connectivity index (χ0) is 11.4. The summed E-state index contributed by atoms with van der Waals surface area (Å²) in [6.07, 6.45) is 4.15. The SMILES string of the molecule is CC1CCNCC1N(C)CCN1CCCC1. The van der Waals surface area contributed by atoms with Crippen molar-refractivity contribution in [1.29, 1.82) is 0 Å². The summed E-state index contributed by atoms with van der Waals surface area (Å²) in [6, 6.07) is 0.747. The molecule has 0 bridgehead atoms. The second-order valence-corrected chi connectivity index (χ2v) is 5.57. The number of nitrogens with zero attached hydrogens (tertiary/aromatic N) is 2. The first-order chi connectivity index (χ1) is 7.77. The molecule has 2 fully saturated rings. The summed E-state index contributed by atoms with van der Waals surface area (Å²) in [6.45, 7) is 9.93. The van der Waals surface area contributed by atoms with E-state index in [0.717, 1.165) is 12.0 Å². The summed E-state index contributed by atoms with van der Waals surface area (Å²) < 4.78 is 0. The molecule has 16 heavy (non-hydrogen) atoms. The minimum atomic E-state index is 0.747. The van der Waals surface area contributed by atoms with Gasteiger partial charge in [-0.2, -0.15) is 0 Å². The number of nitrogens with one attached hydrogen (secondary N) is 1. The molecule has 2 saturated heterocycles. The summed E-state index contributed by atoms with van der Waals surface area (Å²) in [5, 5.41) is 3.52. The fourth-order valence-corrected chi connectivity index (χ4v) is 3.03. The molecule has 0 radical (unpaired) electrons. The minimum Gasteiger partial charge on any atom is -0.315 e. The van der Waals surface area contributed by atoms with Crippen molar-refractivity contribution in [2.24, 2.45) is 5.92 Å². The Morgan fingerprint density at radius 1 is 1.31 bits per heavy atom. The molecule has 0 aromatic rings. The molecule has 3 nitrogen and oxygen atoms in total. The lowest BCUT2D eigenvalue weighted by molar-refractivity contribution is 0.137. The van der Waals surface area contributed by atoms with Crippen molar-refractivity contribution in [3.05, 3.63) is 0 Å². The monoisotopic (exact) mass is 225 g/mol. The Bertz CT molecular complexity index is 201. The van der Waals surface area contributed by atoms with E-state index in [1.165, 1.54) is 58.5 Å². The first kappa shape index (κ1) is 12.3. The molecule has 1 N–H and O–H groups in total. The van der Waals surface area contributed by atoms with Crippen molar-refractivity contribution in [3.8, 4) is 0 Å². The number of hydrogen-bond acceptors (Lipinski definition) is 3. The average Bonchev–Trinajstić information content (AvgIpc) is 2.79. The molecule has 0 aliphatic carbocycles. The molecule has 2 unspecified atom stereocenters. The number of piperidine rings is 1. The smallest absolute Gasteiger partial charge is 0.0244 e. The maximum Gasteiger partial charge on any atom is 0.0244 e. The van der Waals surface area contributed by atoms with Crippen molar-refractivity contribution in [1.82, 2.24) is 15.1 Å². The van der Waals surface area contributed by atoms with Crippen molar-refractivity contribution in [2.45, 2.75) is 32.2 Å². The highest BCUT2D eigenvalue weighted by atomic mass is 15.2. The van der Waals surface area contributed by atoms with Crippen LogP contribution < -0.4 is 5.32 Å². The van der Waals surface area contributed by atoms with E-state index in [-0.39, 0.29) is 0 Å². The summed E-state index contributed by atoms with van der Waals surface area (Å²) in [4.78, 5) is 5.17. The van der Waals surface area contributed by atoms with Crippen LogP contribution in [0.1, 0.15) is 26.2 Å². The number of rotatable bonds is 4. The van der Waals surface area contributed by atoms with Gasteiger partial charge in [-0.15, -0.1) is 0 Å². The average molecular weight is 225 g/mol. The maximum atomic E-state index is 3.52. The molecule has 0 saturated carbocycles. The molecule has 2 rings (SSSR count).